The molecular formula is C21H29N3O5S. The summed E-state index contributed by atoms with van der Waals surface area (Å²) in [4.78, 5) is 29.7. The van der Waals surface area contributed by atoms with Crippen LogP contribution in [0.4, 0.5) is 0 Å². The van der Waals surface area contributed by atoms with E-state index in [0.717, 1.165) is 0 Å². The number of hydrogen-bond acceptors (Lipinski definition) is 5. The summed E-state index contributed by atoms with van der Waals surface area (Å²) >= 11 is 0. The maximum Gasteiger partial charge on any atom is 0.253 e. The third-order valence-corrected chi connectivity index (χ3v) is 8.58. The van der Waals surface area contributed by atoms with E-state index in [9.17, 15) is 18.0 Å². The first-order valence-corrected chi connectivity index (χ1v) is 12.1. The molecule has 3 fully saturated rings. The molecule has 1 atom stereocenters. The molecule has 3 aliphatic rings. The summed E-state index contributed by atoms with van der Waals surface area (Å²) in [6.45, 7) is 2.28. The van der Waals surface area contributed by atoms with Crippen molar-refractivity contribution in [3.05, 3.63) is 29.8 Å². The summed E-state index contributed by atoms with van der Waals surface area (Å²) in [5.74, 6) is 0.694. The van der Waals surface area contributed by atoms with Gasteiger partial charge in [0.15, 0.2) is 0 Å². The summed E-state index contributed by atoms with van der Waals surface area (Å²) < 4.78 is 31.3. The third-order valence-electron chi connectivity index (χ3n) is 7.38. The third kappa shape index (κ3) is 3.19. The molecule has 0 saturated carbocycles. The lowest BCUT2D eigenvalue weighted by Crippen LogP contribution is -2.53. The highest BCUT2D eigenvalue weighted by Crippen LogP contribution is 2.58. The molecule has 0 aromatic heterocycles. The van der Waals surface area contributed by atoms with E-state index in [-0.39, 0.29) is 18.4 Å². The van der Waals surface area contributed by atoms with Gasteiger partial charge in [0.05, 0.1) is 18.8 Å². The Balaban J connectivity index is 1.56. The Morgan fingerprint density at radius 3 is 2.17 bits per heavy atom. The first kappa shape index (κ1) is 21.1. The standard InChI is InChI=1S/C21H29N3O5S/c1-22-11-10-21(19(22)26)15-24(30(3,27)28)14-20(21)8-12-23(13-9-20)18(25)16-4-6-17(29-2)7-5-16/h4-7H,8-15H2,1-3H3/t21-/m0/s1. The zero-order valence-corrected chi connectivity index (χ0v) is 18.6. The summed E-state index contributed by atoms with van der Waals surface area (Å²) in [5, 5.41) is 0. The van der Waals surface area contributed by atoms with Gasteiger partial charge in [-0.25, -0.2) is 12.7 Å². The topological polar surface area (TPSA) is 87.2 Å². The molecule has 2 spiro atoms. The molecule has 8 nitrogen and oxygen atoms in total. The predicted molar refractivity (Wildman–Crippen MR) is 112 cm³/mol. The number of piperidine rings is 1. The molecule has 9 heteroatoms. The van der Waals surface area contributed by atoms with Crippen LogP contribution in [0.15, 0.2) is 24.3 Å². The molecule has 4 rings (SSSR count). The van der Waals surface area contributed by atoms with Crippen LogP contribution in [0.1, 0.15) is 29.6 Å². The number of amides is 2. The lowest BCUT2D eigenvalue weighted by atomic mass is 9.60. The van der Waals surface area contributed by atoms with E-state index in [4.69, 9.17) is 4.74 Å². The predicted octanol–water partition coefficient (Wildman–Crippen LogP) is 1.04. The second-order valence-electron chi connectivity index (χ2n) is 8.89. The molecule has 3 heterocycles. The fourth-order valence-corrected chi connectivity index (χ4v) is 6.45. The van der Waals surface area contributed by atoms with Crippen molar-refractivity contribution < 1.29 is 22.7 Å². The number of carbonyl (C=O) groups is 2. The van der Waals surface area contributed by atoms with Crippen molar-refractivity contribution in [3.8, 4) is 5.75 Å². The van der Waals surface area contributed by atoms with E-state index in [1.165, 1.54) is 10.6 Å². The second kappa shape index (κ2) is 7.23. The zero-order chi connectivity index (χ0) is 21.7. The highest BCUT2D eigenvalue weighted by molar-refractivity contribution is 7.88. The van der Waals surface area contributed by atoms with Crippen molar-refractivity contribution in [2.24, 2.45) is 10.8 Å². The Morgan fingerprint density at radius 1 is 1.03 bits per heavy atom. The molecule has 0 bridgehead atoms. The van der Waals surface area contributed by atoms with Crippen molar-refractivity contribution in [1.82, 2.24) is 14.1 Å². The van der Waals surface area contributed by atoms with Crippen LogP contribution in [0.3, 0.4) is 0 Å². The van der Waals surface area contributed by atoms with Gasteiger partial charge in [-0.2, -0.15) is 0 Å². The van der Waals surface area contributed by atoms with E-state index in [0.29, 0.717) is 56.8 Å². The van der Waals surface area contributed by atoms with Crippen LogP contribution < -0.4 is 4.74 Å². The van der Waals surface area contributed by atoms with Gasteiger partial charge >= 0.3 is 0 Å². The van der Waals surface area contributed by atoms with Gasteiger partial charge in [-0.15, -0.1) is 0 Å². The van der Waals surface area contributed by atoms with E-state index in [1.54, 1.807) is 43.3 Å². The molecule has 3 saturated heterocycles. The molecule has 3 aliphatic heterocycles. The molecule has 164 valence electrons. The lowest BCUT2D eigenvalue weighted by molar-refractivity contribution is -0.141. The van der Waals surface area contributed by atoms with Gasteiger partial charge in [-0.1, -0.05) is 0 Å². The van der Waals surface area contributed by atoms with Gasteiger partial charge in [0.1, 0.15) is 5.75 Å². The molecule has 1 aromatic carbocycles. The molecule has 30 heavy (non-hydrogen) atoms. The Bertz CT molecular complexity index is 953. The minimum Gasteiger partial charge on any atom is -0.497 e. The van der Waals surface area contributed by atoms with E-state index < -0.39 is 20.9 Å². The summed E-state index contributed by atoms with van der Waals surface area (Å²) in [7, 11) is -0.0204. The van der Waals surface area contributed by atoms with Crippen LogP contribution in [-0.4, -0.2) is 87.5 Å². The van der Waals surface area contributed by atoms with Crippen molar-refractivity contribution >= 4 is 21.8 Å². The van der Waals surface area contributed by atoms with Crippen LogP contribution in [0.2, 0.25) is 0 Å². The van der Waals surface area contributed by atoms with Crippen molar-refractivity contribution in [3.63, 3.8) is 0 Å². The fourth-order valence-electron chi connectivity index (χ4n) is 5.51. The van der Waals surface area contributed by atoms with Crippen LogP contribution >= 0.6 is 0 Å². The normalized spacial score (nSPS) is 26.7. The number of methoxy groups -OCH3 is 1. The van der Waals surface area contributed by atoms with Crippen molar-refractivity contribution in [2.75, 3.05) is 53.1 Å². The molecule has 1 aromatic rings. The quantitative estimate of drug-likeness (QED) is 0.708. The maximum atomic E-state index is 13.2. The number of ether oxygens (including phenoxy) is 1. The molecule has 0 unspecified atom stereocenters. The largest absolute Gasteiger partial charge is 0.497 e. The van der Waals surface area contributed by atoms with Crippen molar-refractivity contribution in [1.29, 1.82) is 0 Å². The minimum absolute atomic E-state index is 0.0450. The summed E-state index contributed by atoms with van der Waals surface area (Å²) in [5.41, 5.74) is -0.503. The van der Waals surface area contributed by atoms with Gasteiger partial charge < -0.3 is 14.5 Å². The lowest BCUT2D eigenvalue weighted by Gasteiger charge is -2.46. The summed E-state index contributed by atoms with van der Waals surface area (Å²) in [6, 6.07) is 7.04. The minimum atomic E-state index is -3.39. The first-order valence-electron chi connectivity index (χ1n) is 10.3. The summed E-state index contributed by atoms with van der Waals surface area (Å²) in [6.07, 6.45) is 3.13. The van der Waals surface area contributed by atoms with Gasteiger partial charge in [-0.3, -0.25) is 9.59 Å². The highest BCUT2D eigenvalue weighted by atomic mass is 32.2. The Hall–Kier alpha value is -2.13. The molecule has 0 aliphatic carbocycles. The van der Waals surface area contributed by atoms with Crippen LogP contribution in [0, 0.1) is 10.8 Å². The van der Waals surface area contributed by atoms with Gasteiger partial charge in [-0.05, 0) is 43.5 Å². The van der Waals surface area contributed by atoms with E-state index >= 15 is 0 Å². The van der Waals surface area contributed by atoms with E-state index in [2.05, 4.69) is 0 Å². The average molecular weight is 436 g/mol. The number of nitrogens with zero attached hydrogens (tertiary/aromatic N) is 3. The zero-order valence-electron chi connectivity index (χ0n) is 17.8. The number of hydrogen-bond donors (Lipinski definition) is 0. The van der Waals surface area contributed by atoms with E-state index in [1.807, 2.05) is 4.90 Å². The second-order valence-corrected chi connectivity index (χ2v) is 10.9. The Labute approximate surface area is 177 Å². The number of fused-ring (bicyclic) bond motifs is 1. The van der Waals surface area contributed by atoms with Crippen LogP contribution in [-0.2, 0) is 14.8 Å². The Kier molecular flexibility index (Phi) is 5.09. The van der Waals surface area contributed by atoms with Crippen molar-refractivity contribution in [2.45, 2.75) is 19.3 Å². The number of rotatable bonds is 3. The number of carbonyl (C=O) groups excluding carboxylic acids is 2. The molecule has 0 N–H and O–H groups in total. The van der Waals surface area contributed by atoms with Gasteiger partial charge in [0, 0.05) is 50.7 Å². The fraction of sp³-hybridized carbons (Fsp3) is 0.619. The number of likely N-dealkylation sites (tertiary alicyclic amines) is 2. The number of sulfonamides is 1. The van der Waals surface area contributed by atoms with Gasteiger partial charge in [0.2, 0.25) is 15.9 Å². The molecule has 2 amide bonds. The SMILES string of the molecule is COc1ccc(C(=O)N2CCC3(CC2)CN(S(C)(=O)=O)C[C@]32CCN(C)C2=O)cc1. The average Bonchev–Trinajstić information content (AvgIpc) is 3.21. The van der Waals surface area contributed by atoms with Crippen LogP contribution in [0.25, 0.3) is 0 Å². The maximum absolute atomic E-state index is 13.2. The van der Waals surface area contributed by atoms with Crippen LogP contribution in [0.5, 0.6) is 5.75 Å². The number of benzene rings is 1. The van der Waals surface area contributed by atoms with Gasteiger partial charge in [0.25, 0.3) is 5.91 Å². The molecular weight excluding hydrogens is 406 g/mol. The molecule has 0 radical (unpaired) electrons. The Morgan fingerprint density at radius 2 is 1.67 bits per heavy atom. The highest BCUT2D eigenvalue weighted by Gasteiger charge is 2.66. The smallest absolute Gasteiger partial charge is 0.253 e. The monoisotopic (exact) mass is 435 g/mol. The first-order chi connectivity index (χ1) is 14.1.